The van der Waals surface area contributed by atoms with E-state index in [4.69, 9.17) is 14.3 Å². The smallest absolute Gasteiger partial charge is 0.306 e. The Labute approximate surface area is 136 Å². The van der Waals surface area contributed by atoms with Crippen LogP contribution in [0.3, 0.4) is 0 Å². The molecule has 0 aliphatic carbocycles. The van der Waals surface area contributed by atoms with Gasteiger partial charge in [0.05, 0.1) is 0 Å². The summed E-state index contributed by atoms with van der Waals surface area (Å²) in [5, 5.41) is 0. The molecule has 1 N–H and O–H groups in total. The van der Waals surface area contributed by atoms with Crippen molar-refractivity contribution in [2.45, 2.75) is 51.4 Å². The molecule has 1 aromatic rings. The summed E-state index contributed by atoms with van der Waals surface area (Å²) >= 11 is 0. The molecule has 0 radical (unpaired) electrons. The van der Waals surface area contributed by atoms with Crippen LogP contribution in [0.15, 0.2) is 30.3 Å². The van der Waals surface area contributed by atoms with Gasteiger partial charge in [-0.2, -0.15) is 0 Å². The predicted octanol–water partition coefficient (Wildman–Crippen LogP) is 2.47. The highest BCUT2D eigenvalue weighted by atomic mass is 16.8. The van der Waals surface area contributed by atoms with Crippen molar-refractivity contribution in [2.24, 2.45) is 0 Å². The molecule has 6 nitrogen and oxygen atoms in total. The van der Waals surface area contributed by atoms with E-state index in [-0.39, 0.29) is 37.6 Å². The van der Waals surface area contributed by atoms with Gasteiger partial charge in [-0.25, -0.2) is 10.3 Å². The van der Waals surface area contributed by atoms with Crippen molar-refractivity contribution >= 4 is 11.9 Å². The molecule has 0 aromatic heterocycles. The van der Waals surface area contributed by atoms with Crippen LogP contribution in [0.2, 0.25) is 0 Å². The average molecular weight is 321 g/mol. The zero-order valence-electron chi connectivity index (χ0n) is 13.2. The van der Waals surface area contributed by atoms with Crippen LogP contribution in [0, 0.1) is 0 Å². The van der Waals surface area contributed by atoms with Crippen LogP contribution in [0.25, 0.3) is 0 Å². The third-order valence-electron chi connectivity index (χ3n) is 3.47. The molecular weight excluding hydrogens is 298 g/mol. The Balaban J connectivity index is 1.51. The third kappa shape index (κ3) is 7.25. The summed E-state index contributed by atoms with van der Waals surface area (Å²) in [5.41, 5.74) is 3.31. The van der Waals surface area contributed by atoms with Gasteiger partial charge in [0.2, 0.25) is 5.91 Å². The largest absolute Gasteiger partial charge is 0.461 e. The van der Waals surface area contributed by atoms with Crippen LogP contribution in [0.5, 0.6) is 0 Å². The molecule has 1 aliphatic rings. The van der Waals surface area contributed by atoms with Gasteiger partial charge in [0, 0.05) is 25.9 Å². The summed E-state index contributed by atoms with van der Waals surface area (Å²) < 4.78 is 10.5. The number of carbonyl (C=O) groups is 2. The summed E-state index contributed by atoms with van der Waals surface area (Å²) in [6.45, 7) is 0.918. The second-order valence-electron chi connectivity index (χ2n) is 5.44. The van der Waals surface area contributed by atoms with Crippen molar-refractivity contribution in [1.82, 2.24) is 5.48 Å². The van der Waals surface area contributed by atoms with E-state index in [2.05, 4.69) is 5.48 Å². The number of hydroxylamine groups is 1. The normalized spacial score (nSPS) is 17.5. The summed E-state index contributed by atoms with van der Waals surface area (Å²) in [7, 11) is 0. The first-order chi connectivity index (χ1) is 11.2. The summed E-state index contributed by atoms with van der Waals surface area (Å²) in [6, 6.07) is 9.48. The first-order valence-corrected chi connectivity index (χ1v) is 7.99. The maximum Gasteiger partial charge on any atom is 0.306 e. The first kappa shape index (κ1) is 17.4. The molecule has 0 bridgehead atoms. The van der Waals surface area contributed by atoms with Gasteiger partial charge in [0.15, 0.2) is 6.29 Å². The molecule has 1 aliphatic heterocycles. The van der Waals surface area contributed by atoms with Gasteiger partial charge >= 0.3 is 5.97 Å². The van der Waals surface area contributed by atoms with Gasteiger partial charge in [0.1, 0.15) is 6.61 Å². The van der Waals surface area contributed by atoms with Crippen molar-refractivity contribution < 1.29 is 23.9 Å². The van der Waals surface area contributed by atoms with E-state index in [0.29, 0.717) is 13.0 Å². The lowest BCUT2D eigenvalue weighted by atomic mass is 10.2. The highest BCUT2D eigenvalue weighted by Crippen LogP contribution is 2.12. The molecule has 1 unspecified atom stereocenters. The van der Waals surface area contributed by atoms with Gasteiger partial charge < -0.3 is 9.47 Å². The maximum absolute atomic E-state index is 11.6. The number of carbonyl (C=O) groups excluding carboxylic acids is 2. The number of amides is 1. The fourth-order valence-corrected chi connectivity index (χ4v) is 2.19. The zero-order valence-corrected chi connectivity index (χ0v) is 13.2. The number of hydrogen-bond donors (Lipinski definition) is 1. The van der Waals surface area contributed by atoms with Gasteiger partial charge in [-0.15, -0.1) is 0 Å². The molecule has 126 valence electrons. The van der Waals surface area contributed by atoms with E-state index in [0.717, 1.165) is 24.8 Å². The Kier molecular flexibility index (Phi) is 7.56. The Morgan fingerprint density at radius 3 is 2.74 bits per heavy atom. The number of ether oxygens (including phenoxy) is 2. The first-order valence-electron chi connectivity index (χ1n) is 7.99. The quantitative estimate of drug-likeness (QED) is 0.588. The number of nitrogens with one attached hydrogen (secondary N) is 1. The van der Waals surface area contributed by atoms with Crippen LogP contribution in [0.4, 0.5) is 0 Å². The zero-order chi connectivity index (χ0) is 16.3. The van der Waals surface area contributed by atoms with E-state index < -0.39 is 0 Å². The van der Waals surface area contributed by atoms with E-state index in [1.54, 1.807) is 0 Å². The number of hydrogen-bond acceptors (Lipinski definition) is 5. The third-order valence-corrected chi connectivity index (χ3v) is 3.47. The van der Waals surface area contributed by atoms with Crippen molar-refractivity contribution in [3.63, 3.8) is 0 Å². The Hall–Kier alpha value is -1.92. The molecule has 0 saturated carbocycles. The monoisotopic (exact) mass is 321 g/mol. The van der Waals surface area contributed by atoms with Crippen molar-refractivity contribution in [1.29, 1.82) is 0 Å². The average Bonchev–Trinajstić information content (AvgIpc) is 2.60. The van der Waals surface area contributed by atoms with E-state index >= 15 is 0 Å². The Morgan fingerprint density at radius 2 is 2.00 bits per heavy atom. The topological polar surface area (TPSA) is 73.9 Å². The van der Waals surface area contributed by atoms with Gasteiger partial charge in [-0.3, -0.25) is 9.59 Å². The summed E-state index contributed by atoms with van der Waals surface area (Å²) in [5.74, 6) is -0.562. The molecule has 1 fully saturated rings. The molecule has 1 aromatic carbocycles. The standard InChI is InChI=1S/C17H23NO5/c19-15(18-23-17-11-4-5-12-21-17)9-6-10-16(20)22-13-14-7-2-1-3-8-14/h1-3,7-8,17H,4-6,9-13H2,(H,18,19). The predicted molar refractivity (Wildman–Crippen MR) is 82.9 cm³/mol. The van der Waals surface area contributed by atoms with Gasteiger partial charge in [-0.05, 0) is 24.8 Å². The Bertz CT molecular complexity index is 485. The molecular formula is C17H23NO5. The molecule has 6 heteroatoms. The lowest BCUT2D eigenvalue weighted by molar-refractivity contribution is -0.200. The second-order valence-corrected chi connectivity index (χ2v) is 5.44. The fraction of sp³-hybridized carbons (Fsp3) is 0.529. The molecule has 0 spiro atoms. The van der Waals surface area contributed by atoms with Crippen LogP contribution >= 0.6 is 0 Å². The lowest BCUT2D eigenvalue weighted by Gasteiger charge is -2.22. The maximum atomic E-state index is 11.6. The fourth-order valence-electron chi connectivity index (χ4n) is 2.19. The van der Waals surface area contributed by atoms with E-state index in [1.165, 1.54) is 0 Å². The van der Waals surface area contributed by atoms with Crippen molar-refractivity contribution in [3.05, 3.63) is 35.9 Å². The van der Waals surface area contributed by atoms with Crippen LogP contribution in [-0.4, -0.2) is 24.8 Å². The second kappa shape index (κ2) is 9.97. The summed E-state index contributed by atoms with van der Waals surface area (Å²) in [4.78, 5) is 28.4. The number of rotatable bonds is 8. The minimum absolute atomic E-state index is 0.209. The Morgan fingerprint density at radius 1 is 1.17 bits per heavy atom. The molecule has 1 amide bonds. The minimum atomic E-state index is -0.358. The lowest BCUT2D eigenvalue weighted by Crippen LogP contribution is -2.33. The van der Waals surface area contributed by atoms with Crippen molar-refractivity contribution in [3.8, 4) is 0 Å². The molecule has 23 heavy (non-hydrogen) atoms. The molecule has 2 rings (SSSR count). The van der Waals surface area contributed by atoms with Crippen LogP contribution in [0.1, 0.15) is 44.1 Å². The summed E-state index contributed by atoms with van der Waals surface area (Å²) in [6.07, 6.45) is 3.34. The number of benzene rings is 1. The van der Waals surface area contributed by atoms with E-state index in [9.17, 15) is 9.59 Å². The van der Waals surface area contributed by atoms with E-state index in [1.807, 2.05) is 30.3 Å². The van der Waals surface area contributed by atoms with Crippen molar-refractivity contribution in [2.75, 3.05) is 6.61 Å². The molecule has 1 saturated heterocycles. The highest BCUT2D eigenvalue weighted by molar-refractivity contribution is 5.76. The minimum Gasteiger partial charge on any atom is -0.461 e. The van der Waals surface area contributed by atoms with Crippen LogP contribution in [-0.2, 0) is 30.5 Å². The number of esters is 1. The molecule has 1 heterocycles. The van der Waals surface area contributed by atoms with Crippen LogP contribution < -0.4 is 5.48 Å². The van der Waals surface area contributed by atoms with Gasteiger partial charge in [0.25, 0.3) is 0 Å². The SMILES string of the molecule is O=C(CCCC(=O)OCc1ccccc1)NOC1CCCCO1. The van der Waals surface area contributed by atoms with Gasteiger partial charge in [-0.1, -0.05) is 30.3 Å². The molecule has 1 atom stereocenters. The highest BCUT2D eigenvalue weighted by Gasteiger charge is 2.15.